The Morgan fingerprint density at radius 2 is 2.07 bits per heavy atom. The Morgan fingerprint density at radius 3 is 2.60 bits per heavy atom. The second-order valence-electron chi connectivity index (χ2n) is 3.84. The standard InChI is InChI=1S/C9H12N2O4/c12-7-5-10(4-3-8(13)14)9(15)11(7)6-1-2-6/h6H,1-5H2,(H,13,14). The number of hydrogen-bond donors (Lipinski definition) is 1. The molecule has 0 bridgehead atoms. The highest BCUT2D eigenvalue weighted by Crippen LogP contribution is 2.30. The summed E-state index contributed by atoms with van der Waals surface area (Å²) in [6.45, 7) is 0.145. The first kappa shape index (κ1) is 9.95. The molecule has 0 aromatic heterocycles. The maximum absolute atomic E-state index is 11.6. The van der Waals surface area contributed by atoms with Gasteiger partial charge in [0.25, 0.3) is 5.91 Å². The summed E-state index contributed by atoms with van der Waals surface area (Å²) >= 11 is 0. The van der Waals surface area contributed by atoms with Crippen LogP contribution in [0, 0.1) is 0 Å². The zero-order valence-electron chi connectivity index (χ0n) is 8.18. The molecule has 2 aliphatic rings. The predicted molar refractivity (Wildman–Crippen MR) is 49.1 cm³/mol. The molecule has 1 aliphatic carbocycles. The van der Waals surface area contributed by atoms with Gasteiger partial charge in [-0.25, -0.2) is 4.79 Å². The van der Waals surface area contributed by atoms with Crippen LogP contribution in [0.1, 0.15) is 19.3 Å². The summed E-state index contributed by atoms with van der Waals surface area (Å²) in [5.74, 6) is -1.16. The van der Waals surface area contributed by atoms with E-state index in [4.69, 9.17) is 5.11 Å². The number of rotatable bonds is 4. The van der Waals surface area contributed by atoms with E-state index in [0.717, 1.165) is 12.8 Å². The molecule has 82 valence electrons. The average molecular weight is 212 g/mol. The van der Waals surface area contributed by atoms with Gasteiger partial charge in [-0.2, -0.15) is 0 Å². The lowest BCUT2D eigenvalue weighted by Gasteiger charge is -2.15. The zero-order chi connectivity index (χ0) is 11.0. The monoisotopic (exact) mass is 212 g/mol. The third-order valence-electron chi connectivity index (χ3n) is 2.58. The topological polar surface area (TPSA) is 77.9 Å². The Hall–Kier alpha value is -1.59. The van der Waals surface area contributed by atoms with Gasteiger partial charge in [-0.1, -0.05) is 0 Å². The fourth-order valence-electron chi connectivity index (χ4n) is 1.66. The molecule has 0 atom stereocenters. The predicted octanol–water partition coefficient (Wildman–Crippen LogP) is -0.112. The molecule has 3 amide bonds. The van der Waals surface area contributed by atoms with Crippen LogP contribution < -0.4 is 0 Å². The van der Waals surface area contributed by atoms with Crippen LogP contribution in [-0.4, -0.2) is 51.9 Å². The van der Waals surface area contributed by atoms with Crippen LogP contribution in [-0.2, 0) is 9.59 Å². The van der Waals surface area contributed by atoms with Crippen LogP contribution in [0.3, 0.4) is 0 Å². The van der Waals surface area contributed by atoms with Gasteiger partial charge in [0.1, 0.15) is 6.54 Å². The number of carboxylic acid groups (broad SMARTS) is 1. The Balaban J connectivity index is 1.95. The van der Waals surface area contributed by atoms with Crippen LogP contribution in [0.25, 0.3) is 0 Å². The van der Waals surface area contributed by atoms with E-state index in [0.29, 0.717) is 0 Å². The number of amides is 3. The van der Waals surface area contributed by atoms with Crippen molar-refractivity contribution in [1.82, 2.24) is 9.80 Å². The van der Waals surface area contributed by atoms with Gasteiger partial charge in [0.05, 0.1) is 6.42 Å². The number of nitrogens with zero attached hydrogens (tertiary/aromatic N) is 2. The molecule has 1 N–H and O–H groups in total. The quantitative estimate of drug-likeness (QED) is 0.659. The summed E-state index contributed by atoms with van der Waals surface area (Å²) in [6, 6.07) is -0.261. The van der Waals surface area contributed by atoms with Crippen molar-refractivity contribution in [2.45, 2.75) is 25.3 Å². The van der Waals surface area contributed by atoms with Gasteiger partial charge in [0, 0.05) is 12.6 Å². The SMILES string of the molecule is O=C(O)CCN1CC(=O)N(C2CC2)C1=O. The van der Waals surface area contributed by atoms with Crippen molar-refractivity contribution in [1.29, 1.82) is 0 Å². The highest BCUT2D eigenvalue weighted by molar-refractivity contribution is 6.02. The molecule has 2 fully saturated rings. The summed E-state index contributed by atoms with van der Waals surface area (Å²) in [6.07, 6.45) is 1.64. The molecule has 1 aliphatic heterocycles. The number of carbonyl (C=O) groups excluding carboxylic acids is 2. The summed E-state index contributed by atoms with van der Waals surface area (Å²) in [4.78, 5) is 36.0. The van der Waals surface area contributed by atoms with Gasteiger partial charge >= 0.3 is 12.0 Å². The molecule has 6 heteroatoms. The van der Waals surface area contributed by atoms with Gasteiger partial charge < -0.3 is 10.0 Å². The smallest absolute Gasteiger partial charge is 0.327 e. The molecule has 1 heterocycles. The van der Waals surface area contributed by atoms with Crippen molar-refractivity contribution in [3.63, 3.8) is 0 Å². The second-order valence-corrected chi connectivity index (χ2v) is 3.84. The lowest BCUT2D eigenvalue weighted by atomic mass is 10.4. The molecule has 0 aromatic rings. The Kier molecular flexibility index (Phi) is 2.34. The van der Waals surface area contributed by atoms with E-state index >= 15 is 0 Å². The first-order valence-corrected chi connectivity index (χ1v) is 4.92. The van der Waals surface area contributed by atoms with E-state index in [1.54, 1.807) is 0 Å². The molecule has 0 radical (unpaired) electrons. The van der Waals surface area contributed by atoms with Crippen LogP contribution in [0.4, 0.5) is 4.79 Å². The third-order valence-corrected chi connectivity index (χ3v) is 2.58. The molecular weight excluding hydrogens is 200 g/mol. The second kappa shape index (κ2) is 3.52. The van der Waals surface area contributed by atoms with E-state index < -0.39 is 5.97 Å². The molecule has 1 saturated carbocycles. The summed E-state index contributed by atoms with van der Waals surface area (Å²) in [7, 11) is 0. The number of urea groups is 1. The number of carboxylic acids is 1. The van der Waals surface area contributed by atoms with E-state index in [1.807, 2.05) is 0 Å². The van der Waals surface area contributed by atoms with Crippen molar-refractivity contribution in [2.75, 3.05) is 13.1 Å². The summed E-state index contributed by atoms with van der Waals surface area (Å²) in [5, 5.41) is 8.48. The Bertz CT molecular complexity index is 324. The van der Waals surface area contributed by atoms with Gasteiger partial charge in [-0.3, -0.25) is 14.5 Å². The lowest BCUT2D eigenvalue weighted by molar-refractivity contribution is -0.137. The van der Waals surface area contributed by atoms with Crippen molar-refractivity contribution >= 4 is 17.9 Å². The third kappa shape index (κ3) is 1.93. The number of imide groups is 1. The van der Waals surface area contributed by atoms with Gasteiger partial charge in [0.15, 0.2) is 0 Å². The maximum atomic E-state index is 11.6. The first-order chi connectivity index (χ1) is 7.09. The Morgan fingerprint density at radius 1 is 1.40 bits per heavy atom. The minimum absolute atomic E-state index is 0.0304. The number of aliphatic carboxylic acids is 1. The van der Waals surface area contributed by atoms with E-state index in [-0.39, 0.29) is 37.5 Å². The van der Waals surface area contributed by atoms with Gasteiger partial charge in [-0.15, -0.1) is 0 Å². The molecule has 2 rings (SSSR count). The van der Waals surface area contributed by atoms with E-state index in [9.17, 15) is 14.4 Å². The zero-order valence-corrected chi connectivity index (χ0v) is 8.18. The number of carbonyl (C=O) groups is 3. The Labute approximate surface area is 86.4 Å². The maximum Gasteiger partial charge on any atom is 0.327 e. The first-order valence-electron chi connectivity index (χ1n) is 4.92. The molecule has 1 saturated heterocycles. The minimum Gasteiger partial charge on any atom is -0.481 e. The molecule has 0 unspecified atom stereocenters. The summed E-state index contributed by atoms with van der Waals surface area (Å²) < 4.78 is 0. The highest BCUT2D eigenvalue weighted by atomic mass is 16.4. The largest absolute Gasteiger partial charge is 0.481 e. The molecule has 0 aromatic carbocycles. The average Bonchev–Trinajstić information content (AvgIpc) is 2.92. The normalized spacial score (nSPS) is 21.3. The minimum atomic E-state index is -0.958. The van der Waals surface area contributed by atoms with Crippen LogP contribution >= 0.6 is 0 Å². The molecule has 0 spiro atoms. The van der Waals surface area contributed by atoms with Crippen molar-refractivity contribution in [3.8, 4) is 0 Å². The van der Waals surface area contributed by atoms with Crippen LogP contribution in [0.5, 0.6) is 0 Å². The molecule has 15 heavy (non-hydrogen) atoms. The van der Waals surface area contributed by atoms with Crippen molar-refractivity contribution in [2.24, 2.45) is 0 Å². The molecule has 6 nitrogen and oxygen atoms in total. The van der Waals surface area contributed by atoms with Crippen molar-refractivity contribution in [3.05, 3.63) is 0 Å². The fraction of sp³-hybridized carbons (Fsp3) is 0.667. The van der Waals surface area contributed by atoms with Gasteiger partial charge in [-0.05, 0) is 12.8 Å². The molecular formula is C9H12N2O4. The van der Waals surface area contributed by atoms with Gasteiger partial charge in [0.2, 0.25) is 0 Å². The van der Waals surface area contributed by atoms with E-state index in [1.165, 1.54) is 9.80 Å². The van der Waals surface area contributed by atoms with Crippen LogP contribution in [0.15, 0.2) is 0 Å². The van der Waals surface area contributed by atoms with Crippen LogP contribution in [0.2, 0.25) is 0 Å². The van der Waals surface area contributed by atoms with Crippen molar-refractivity contribution < 1.29 is 19.5 Å². The highest BCUT2D eigenvalue weighted by Gasteiger charge is 2.44. The fourth-order valence-corrected chi connectivity index (χ4v) is 1.66. The summed E-state index contributed by atoms with van der Waals surface area (Å²) in [5.41, 5.74) is 0. The lowest BCUT2D eigenvalue weighted by Crippen LogP contribution is -2.35. The number of hydrogen-bond acceptors (Lipinski definition) is 3. The van der Waals surface area contributed by atoms with E-state index in [2.05, 4.69) is 0 Å².